The van der Waals surface area contributed by atoms with E-state index in [0.29, 0.717) is 0 Å². The summed E-state index contributed by atoms with van der Waals surface area (Å²) in [6.45, 7) is 40.8. The largest absolute Gasteiger partial charge is 0.213 e. The summed E-state index contributed by atoms with van der Waals surface area (Å²) in [5.41, 5.74) is 15.4. The normalized spacial score (nSPS) is 10.3. The Bertz CT molecular complexity index is 6720. The number of hydrogen-bond donors (Lipinski definition) is 0. The van der Waals surface area contributed by atoms with Crippen molar-refractivity contribution >= 4 is 129 Å². The predicted molar refractivity (Wildman–Crippen MR) is 532 cm³/mol. The molecule has 0 unspecified atom stereocenters. The molecule has 0 radical (unpaired) electrons. The molecule has 0 N–H and O–H groups in total. The average molecular weight is 1580 g/mol. The van der Waals surface area contributed by atoms with Crippen LogP contribution in [0, 0.1) is 27.7 Å². The van der Waals surface area contributed by atoms with Crippen LogP contribution in [0.15, 0.2) is 340 Å². The average Bonchev–Trinajstić information content (AvgIpc) is 0.727. The molecule has 4 heteroatoms. The summed E-state index contributed by atoms with van der Waals surface area (Å²) < 4.78 is 8.79. The lowest BCUT2D eigenvalue weighted by molar-refractivity contribution is -0.660. The van der Waals surface area contributed by atoms with Gasteiger partial charge in [-0.3, -0.25) is 0 Å². The van der Waals surface area contributed by atoms with Crippen molar-refractivity contribution in [3.05, 3.63) is 362 Å². The molecule has 0 aliphatic rings. The Balaban J connectivity index is 0.000000172. The van der Waals surface area contributed by atoms with E-state index >= 15 is 0 Å². The zero-order valence-corrected chi connectivity index (χ0v) is 76.1. The van der Waals surface area contributed by atoms with Gasteiger partial charge in [-0.2, -0.15) is 0 Å². The van der Waals surface area contributed by atoms with Crippen LogP contribution < -0.4 is 18.3 Å². The standard InChI is InChI=1S/4C25H20N.8C2H6/c1-17-10-11-19-13-14-21-20-8-4-3-7-18(20)12-15-22(21)25(19)24(17)23-9-5-6-16-26(23)2;1-17-15-23-20(16-22(17)24-9-5-6-14-26(24)2)13-12-19-11-10-18-7-3-4-8-21(18)25(19)23;1-17-10-11-18-12-13-21-15-19-7-3-4-8-20(19)16-22(21)25(18)24(17)23-9-5-6-14-26(23)2;1-17-13-23-21(16-22(17)25-9-5-6-12-26(25)2)11-10-20-14-18-7-3-4-8-19(18)15-24(20)23;8*1-2/h4*3-16H,1-2H3;8*1-2H3/q4*+1;;;;;;;;. The summed E-state index contributed by atoms with van der Waals surface area (Å²) in [4.78, 5) is 0. The topological polar surface area (TPSA) is 15.5 Å². The van der Waals surface area contributed by atoms with Crippen LogP contribution in [0.3, 0.4) is 0 Å². The van der Waals surface area contributed by atoms with Crippen LogP contribution in [0.4, 0.5) is 0 Å². The van der Waals surface area contributed by atoms with E-state index in [2.05, 4.69) is 414 Å². The molecule has 0 saturated heterocycles. The van der Waals surface area contributed by atoms with E-state index in [1.54, 1.807) is 0 Å². The summed E-state index contributed by atoms with van der Waals surface area (Å²) >= 11 is 0. The van der Waals surface area contributed by atoms with Gasteiger partial charge in [0.25, 0.3) is 0 Å². The molecule has 0 atom stereocenters. The number of pyridine rings is 4. The maximum Gasteiger partial charge on any atom is 0.213 e. The van der Waals surface area contributed by atoms with Gasteiger partial charge in [0.15, 0.2) is 24.8 Å². The van der Waals surface area contributed by atoms with Crippen molar-refractivity contribution < 1.29 is 18.3 Å². The van der Waals surface area contributed by atoms with Gasteiger partial charge < -0.3 is 0 Å². The Morgan fingerprint density at radius 1 is 0.158 bits per heavy atom. The summed E-state index contributed by atoms with van der Waals surface area (Å²) in [5.74, 6) is 0. The van der Waals surface area contributed by atoms with Gasteiger partial charge in [0, 0.05) is 70.4 Å². The van der Waals surface area contributed by atoms with E-state index in [0.717, 1.165) is 0 Å². The molecule has 0 aliphatic heterocycles. The quantitative estimate of drug-likeness (QED) is 0.0948. The summed E-state index contributed by atoms with van der Waals surface area (Å²) in [7, 11) is 8.45. The minimum atomic E-state index is 1.24. The van der Waals surface area contributed by atoms with Crippen LogP contribution in [0.1, 0.15) is 133 Å². The molecule has 120 heavy (non-hydrogen) atoms. The van der Waals surface area contributed by atoms with Crippen molar-refractivity contribution in [2.75, 3.05) is 0 Å². The zero-order valence-electron chi connectivity index (χ0n) is 76.1. The SMILES string of the molecule is CC.CC.CC.CC.CC.CC.CC.CC.Cc1cc2c(ccc3cc4ccccc4cc32)cc1-c1cccc[n+]1C.Cc1cc2c(ccc3ccc4ccccc4c32)cc1-c1cccc[n+]1C.Cc1ccc2ccc3c4ccccc4ccc3c2c1-c1cccc[n+]1C.Cc1ccc2ccc3cc4ccccc4cc3c2c1-c1cccc[n+]1C. The fourth-order valence-electron chi connectivity index (χ4n) is 16.2. The summed E-state index contributed by atoms with van der Waals surface area (Å²) in [5, 5.41) is 31.4. The third kappa shape index (κ3) is 19.3. The van der Waals surface area contributed by atoms with Crippen molar-refractivity contribution in [2.45, 2.75) is 138 Å². The number of fused-ring (bicyclic) bond motifs is 18. The second kappa shape index (κ2) is 44.2. The molecular weight excluding hydrogens is 1450 g/mol. The number of nitrogens with zero attached hydrogens (tertiary/aromatic N) is 4. The molecule has 0 amide bonds. The highest BCUT2D eigenvalue weighted by Gasteiger charge is 2.22. The van der Waals surface area contributed by atoms with Gasteiger partial charge in [0.05, 0.1) is 11.1 Å². The highest BCUT2D eigenvalue weighted by atomic mass is 14.9. The van der Waals surface area contributed by atoms with Crippen molar-refractivity contribution in [1.29, 1.82) is 0 Å². The van der Waals surface area contributed by atoms with Crippen LogP contribution >= 0.6 is 0 Å². The van der Waals surface area contributed by atoms with E-state index in [1.165, 1.54) is 197 Å². The van der Waals surface area contributed by atoms with E-state index in [-0.39, 0.29) is 0 Å². The first kappa shape index (κ1) is 91.1. The second-order valence-corrected chi connectivity index (χ2v) is 28.1. The van der Waals surface area contributed by atoms with E-state index < -0.39 is 0 Å². The van der Waals surface area contributed by atoms with Gasteiger partial charge in [-0.25, -0.2) is 18.3 Å². The lowest BCUT2D eigenvalue weighted by Crippen LogP contribution is -2.30. The second-order valence-electron chi connectivity index (χ2n) is 28.1. The minimum absolute atomic E-state index is 1.24. The van der Waals surface area contributed by atoms with Gasteiger partial charge in [-0.1, -0.05) is 305 Å². The van der Waals surface area contributed by atoms with Crippen LogP contribution in [0.5, 0.6) is 0 Å². The Kier molecular flexibility index (Phi) is 33.5. The van der Waals surface area contributed by atoms with Crippen LogP contribution in [-0.4, -0.2) is 0 Å². The molecule has 0 bridgehead atoms. The van der Waals surface area contributed by atoms with Crippen molar-refractivity contribution in [1.82, 2.24) is 0 Å². The Hall–Kier alpha value is -12.8. The van der Waals surface area contributed by atoms with Crippen LogP contribution in [0.2, 0.25) is 0 Å². The molecule has 4 nitrogen and oxygen atoms in total. The highest BCUT2D eigenvalue weighted by molar-refractivity contribution is 6.23. The van der Waals surface area contributed by atoms with Gasteiger partial charge in [-0.15, -0.1) is 0 Å². The lowest BCUT2D eigenvalue weighted by Gasteiger charge is -2.13. The molecule has 608 valence electrons. The number of aryl methyl sites for hydroxylation is 8. The number of aromatic nitrogens is 4. The highest BCUT2D eigenvalue weighted by Crippen LogP contribution is 2.42. The molecule has 16 aromatic carbocycles. The molecule has 0 spiro atoms. The summed E-state index contributed by atoms with van der Waals surface area (Å²) in [6, 6.07) is 115. The van der Waals surface area contributed by atoms with E-state index in [9.17, 15) is 0 Å². The Morgan fingerprint density at radius 3 is 0.867 bits per heavy atom. The molecular formula is C116H128N4+4. The third-order valence-electron chi connectivity index (χ3n) is 21.6. The maximum absolute atomic E-state index is 2.35. The fraction of sp³-hybridized carbons (Fsp3) is 0.207. The molecule has 0 aliphatic carbocycles. The molecule has 0 saturated carbocycles. The van der Waals surface area contributed by atoms with E-state index in [1.807, 2.05) is 111 Å². The van der Waals surface area contributed by atoms with Crippen LogP contribution in [-0.2, 0) is 28.2 Å². The number of benzene rings is 16. The number of hydrogen-bond acceptors (Lipinski definition) is 0. The molecule has 4 aromatic heterocycles. The molecule has 20 aromatic rings. The van der Waals surface area contributed by atoms with Crippen molar-refractivity contribution in [3.63, 3.8) is 0 Å². The fourth-order valence-corrected chi connectivity index (χ4v) is 16.2. The van der Waals surface area contributed by atoms with Gasteiger partial charge in [0.1, 0.15) is 28.2 Å². The first-order valence-electron chi connectivity index (χ1n) is 44.1. The molecule has 20 rings (SSSR count). The van der Waals surface area contributed by atoms with Gasteiger partial charge in [-0.05, 0) is 241 Å². The van der Waals surface area contributed by atoms with Gasteiger partial charge in [0.2, 0.25) is 22.8 Å². The van der Waals surface area contributed by atoms with Gasteiger partial charge >= 0.3 is 0 Å². The lowest BCUT2D eigenvalue weighted by atomic mass is 9.91. The monoisotopic (exact) mass is 1580 g/mol. The zero-order chi connectivity index (χ0) is 86.7. The smallest absolute Gasteiger partial charge is 0.201 e. The van der Waals surface area contributed by atoms with Crippen molar-refractivity contribution in [2.24, 2.45) is 28.2 Å². The number of rotatable bonds is 4. The first-order chi connectivity index (χ1) is 58.9. The third-order valence-corrected chi connectivity index (χ3v) is 21.6. The Morgan fingerprint density at radius 2 is 0.425 bits per heavy atom. The minimum Gasteiger partial charge on any atom is -0.201 e. The summed E-state index contributed by atoms with van der Waals surface area (Å²) in [6.07, 6.45) is 8.45. The van der Waals surface area contributed by atoms with Crippen LogP contribution in [0.25, 0.3) is 174 Å². The predicted octanol–water partition coefficient (Wildman–Crippen LogP) is 32.0. The molecule has 4 heterocycles. The molecule has 0 fully saturated rings. The Labute approximate surface area is 717 Å². The first-order valence-corrected chi connectivity index (χ1v) is 44.1. The van der Waals surface area contributed by atoms with E-state index in [4.69, 9.17) is 0 Å². The maximum atomic E-state index is 2.35. The van der Waals surface area contributed by atoms with Crippen molar-refractivity contribution in [3.8, 4) is 45.0 Å².